The molecule has 0 bridgehead atoms. The number of rotatable bonds is 6. The highest BCUT2D eigenvalue weighted by molar-refractivity contribution is 7.89. The summed E-state index contributed by atoms with van der Waals surface area (Å²) in [4.78, 5) is 0. The van der Waals surface area contributed by atoms with Gasteiger partial charge in [0.25, 0.3) is 10.0 Å². The Morgan fingerprint density at radius 3 is 2.45 bits per heavy atom. The first-order chi connectivity index (χ1) is 9.09. The van der Waals surface area contributed by atoms with Gasteiger partial charge in [0.2, 0.25) is 0 Å². The normalized spacial score (nSPS) is 14.5. The van der Waals surface area contributed by atoms with Crippen molar-refractivity contribution >= 4 is 10.0 Å². The van der Waals surface area contributed by atoms with Crippen LogP contribution in [-0.2, 0) is 16.6 Å². The first-order valence-corrected chi connectivity index (χ1v) is 8.34. The fraction of sp³-hybridized carbons (Fsp3) is 0.769. The molecule has 1 rings (SSSR count). The number of hydrogen-bond donors (Lipinski definition) is 3. The van der Waals surface area contributed by atoms with Crippen LogP contribution >= 0.6 is 0 Å². The van der Waals surface area contributed by atoms with Gasteiger partial charge in [0.1, 0.15) is 0 Å². The largest absolute Gasteiger partial charge is 0.313 e. The monoisotopic (exact) mass is 302 g/mol. The van der Waals surface area contributed by atoms with Gasteiger partial charge in [0.05, 0.1) is 0 Å². The molecule has 1 aromatic heterocycles. The van der Waals surface area contributed by atoms with Crippen LogP contribution in [0.5, 0.6) is 0 Å². The van der Waals surface area contributed by atoms with E-state index in [1.807, 2.05) is 41.5 Å². The summed E-state index contributed by atoms with van der Waals surface area (Å²) in [7, 11) is -3.62. The number of sulfonamides is 1. The SMILES string of the molecule is CCNCc1c(S(=O)(=O)NC(C)C(C)(C)C)n[nH]c1C. The van der Waals surface area contributed by atoms with Crippen molar-refractivity contribution in [1.82, 2.24) is 20.2 Å². The van der Waals surface area contributed by atoms with Crippen LogP contribution in [0.2, 0.25) is 0 Å². The van der Waals surface area contributed by atoms with Gasteiger partial charge in [-0.15, -0.1) is 0 Å². The Balaban J connectivity index is 3.04. The van der Waals surface area contributed by atoms with Gasteiger partial charge in [-0.2, -0.15) is 5.10 Å². The number of nitrogens with one attached hydrogen (secondary N) is 3. The molecule has 1 atom stereocenters. The summed E-state index contributed by atoms with van der Waals surface area (Å²) >= 11 is 0. The van der Waals surface area contributed by atoms with Crippen molar-refractivity contribution in [3.05, 3.63) is 11.3 Å². The van der Waals surface area contributed by atoms with Crippen molar-refractivity contribution in [2.45, 2.75) is 59.2 Å². The lowest BCUT2D eigenvalue weighted by Crippen LogP contribution is -2.41. The summed E-state index contributed by atoms with van der Waals surface area (Å²) in [6.07, 6.45) is 0. The lowest BCUT2D eigenvalue weighted by atomic mass is 9.89. The van der Waals surface area contributed by atoms with E-state index < -0.39 is 10.0 Å². The van der Waals surface area contributed by atoms with E-state index in [0.717, 1.165) is 12.2 Å². The maximum Gasteiger partial charge on any atom is 0.260 e. The highest BCUT2D eigenvalue weighted by Gasteiger charge is 2.29. The molecule has 3 N–H and O–H groups in total. The van der Waals surface area contributed by atoms with Crippen molar-refractivity contribution in [3.63, 3.8) is 0 Å². The second-order valence-electron chi connectivity index (χ2n) is 6.12. The number of nitrogens with zero attached hydrogens (tertiary/aromatic N) is 1. The zero-order valence-corrected chi connectivity index (χ0v) is 14.0. The first kappa shape index (κ1) is 17.1. The van der Waals surface area contributed by atoms with E-state index >= 15 is 0 Å². The molecule has 0 aliphatic rings. The third-order valence-electron chi connectivity index (χ3n) is 3.47. The third-order valence-corrected chi connectivity index (χ3v) is 4.98. The molecule has 1 unspecified atom stereocenters. The van der Waals surface area contributed by atoms with E-state index in [1.54, 1.807) is 0 Å². The zero-order chi connectivity index (χ0) is 15.6. The van der Waals surface area contributed by atoms with Crippen LogP contribution in [0, 0.1) is 12.3 Å². The van der Waals surface area contributed by atoms with Gasteiger partial charge >= 0.3 is 0 Å². The minimum atomic E-state index is -3.62. The van der Waals surface area contributed by atoms with Gasteiger partial charge in [-0.3, -0.25) is 5.10 Å². The molecule has 0 aromatic carbocycles. The smallest absolute Gasteiger partial charge is 0.260 e. The van der Waals surface area contributed by atoms with Crippen LogP contribution in [0.4, 0.5) is 0 Å². The van der Waals surface area contributed by atoms with Crippen molar-refractivity contribution in [1.29, 1.82) is 0 Å². The Kier molecular flexibility index (Phi) is 5.34. The molecule has 0 saturated carbocycles. The van der Waals surface area contributed by atoms with Gasteiger partial charge in [-0.25, -0.2) is 13.1 Å². The van der Waals surface area contributed by atoms with Crippen LogP contribution in [0.15, 0.2) is 5.03 Å². The second-order valence-corrected chi connectivity index (χ2v) is 7.75. The van der Waals surface area contributed by atoms with Crippen LogP contribution in [0.1, 0.15) is 45.9 Å². The second kappa shape index (κ2) is 6.24. The molecule has 0 aliphatic heterocycles. The molecule has 0 fully saturated rings. The van der Waals surface area contributed by atoms with Gasteiger partial charge in [0.15, 0.2) is 5.03 Å². The molecule has 0 radical (unpaired) electrons. The summed E-state index contributed by atoms with van der Waals surface area (Å²) in [5.74, 6) is 0. The Hall–Kier alpha value is -0.920. The van der Waals surface area contributed by atoms with Crippen LogP contribution in [0.25, 0.3) is 0 Å². The van der Waals surface area contributed by atoms with E-state index in [2.05, 4.69) is 20.2 Å². The molecule has 0 spiro atoms. The summed E-state index contributed by atoms with van der Waals surface area (Å²) < 4.78 is 27.6. The zero-order valence-electron chi connectivity index (χ0n) is 13.2. The van der Waals surface area contributed by atoms with E-state index in [1.165, 1.54) is 0 Å². The molecular formula is C13H26N4O2S. The Bertz CT molecular complexity index is 543. The Morgan fingerprint density at radius 2 is 1.95 bits per heavy atom. The van der Waals surface area contributed by atoms with Gasteiger partial charge in [-0.05, 0) is 25.8 Å². The van der Waals surface area contributed by atoms with Gasteiger partial charge < -0.3 is 5.32 Å². The lowest BCUT2D eigenvalue weighted by molar-refractivity contribution is 0.317. The maximum absolute atomic E-state index is 12.5. The number of aromatic amines is 1. The van der Waals surface area contributed by atoms with Crippen LogP contribution in [-0.4, -0.2) is 31.2 Å². The third kappa shape index (κ3) is 4.04. The molecule has 1 heterocycles. The molecule has 0 aliphatic carbocycles. The highest BCUT2D eigenvalue weighted by Crippen LogP contribution is 2.22. The molecule has 1 aromatic rings. The number of aryl methyl sites for hydroxylation is 1. The van der Waals surface area contributed by atoms with Crippen molar-refractivity contribution in [3.8, 4) is 0 Å². The highest BCUT2D eigenvalue weighted by atomic mass is 32.2. The van der Waals surface area contributed by atoms with E-state index in [4.69, 9.17) is 0 Å². The molecule has 116 valence electrons. The van der Waals surface area contributed by atoms with Crippen molar-refractivity contribution in [2.24, 2.45) is 5.41 Å². The fourth-order valence-corrected chi connectivity index (χ4v) is 3.22. The predicted octanol–water partition coefficient (Wildman–Crippen LogP) is 1.54. The van der Waals surface area contributed by atoms with Crippen molar-refractivity contribution < 1.29 is 8.42 Å². The summed E-state index contributed by atoms with van der Waals surface area (Å²) in [6.45, 7) is 12.9. The minimum Gasteiger partial charge on any atom is -0.313 e. The first-order valence-electron chi connectivity index (χ1n) is 6.86. The summed E-state index contributed by atoms with van der Waals surface area (Å²) in [6, 6.07) is -0.184. The predicted molar refractivity (Wildman–Crippen MR) is 79.9 cm³/mol. The summed E-state index contributed by atoms with van der Waals surface area (Å²) in [5.41, 5.74) is 1.32. The number of hydrogen-bond acceptors (Lipinski definition) is 4. The van der Waals surface area contributed by atoms with E-state index in [0.29, 0.717) is 12.1 Å². The standard InChI is InChI=1S/C13H26N4O2S/c1-7-14-8-11-9(2)15-16-12(11)20(18,19)17-10(3)13(4,5)6/h10,14,17H,7-8H2,1-6H3,(H,15,16). The number of H-pyrrole nitrogens is 1. The number of aromatic nitrogens is 2. The van der Waals surface area contributed by atoms with E-state index in [-0.39, 0.29) is 16.5 Å². The topological polar surface area (TPSA) is 86.9 Å². The molecule has 6 nitrogen and oxygen atoms in total. The Morgan fingerprint density at radius 1 is 1.35 bits per heavy atom. The maximum atomic E-state index is 12.5. The average Bonchev–Trinajstić information content (AvgIpc) is 2.67. The molecule has 7 heteroatoms. The fourth-order valence-electron chi connectivity index (χ4n) is 1.58. The molecule has 0 saturated heterocycles. The lowest BCUT2D eigenvalue weighted by Gasteiger charge is -2.27. The van der Waals surface area contributed by atoms with Gasteiger partial charge in [0, 0.05) is 23.8 Å². The average molecular weight is 302 g/mol. The van der Waals surface area contributed by atoms with Crippen LogP contribution < -0.4 is 10.0 Å². The quantitative estimate of drug-likeness (QED) is 0.744. The molecule has 0 amide bonds. The van der Waals surface area contributed by atoms with Crippen LogP contribution in [0.3, 0.4) is 0 Å². The minimum absolute atomic E-state index is 0.0899. The van der Waals surface area contributed by atoms with Crippen molar-refractivity contribution in [2.75, 3.05) is 6.54 Å². The van der Waals surface area contributed by atoms with Gasteiger partial charge in [-0.1, -0.05) is 27.7 Å². The molecular weight excluding hydrogens is 276 g/mol. The Labute approximate surface area is 121 Å². The summed E-state index contributed by atoms with van der Waals surface area (Å²) in [5, 5.41) is 9.94. The molecule has 20 heavy (non-hydrogen) atoms. The van der Waals surface area contributed by atoms with E-state index in [9.17, 15) is 8.42 Å².